The van der Waals surface area contributed by atoms with Crippen LogP contribution in [0.4, 0.5) is 0 Å². The number of carbonyl (C=O) groups is 1. The van der Waals surface area contributed by atoms with Crippen LogP contribution in [0.2, 0.25) is 0 Å². The Morgan fingerprint density at radius 1 is 1.62 bits per heavy atom. The fourth-order valence-corrected chi connectivity index (χ4v) is 1.81. The average Bonchev–Trinajstić information content (AvgIpc) is 2.51. The molecule has 1 fully saturated rings. The zero-order chi connectivity index (χ0) is 9.84. The Kier molecular flexibility index (Phi) is 3.30. The zero-order valence-electron chi connectivity index (χ0n) is 8.21. The van der Waals surface area contributed by atoms with Gasteiger partial charge < -0.3 is 5.32 Å². The summed E-state index contributed by atoms with van der Waals surface area (Å²) in [5.41, 5.74) is 0. The summed E-state index contributed by atoms with van der Waals surface area (Å²) in [5.74, 6) is 0.859. The largest absolute Gasteiger partial charge is 0.340 e. The van der Waals surface area contributed by atoms with Crippen molar-refractivity contribution in [3.8, 4) is 6.07 Å². The normalized spacial score (nSPS) is 29.3. The molecule has 1 rings (SSSR count). The Balaban J connectivity index is 2.37. The van der Waals surface area contributed by atoms with E-state index in [9.17, 15) is 4.79 Å². The lowest BCUT2D eigenvalue weighted by Crippen LogP contribution is -2.35. The fraction of sp³-hybridized carbons (Fsp3) is 0.800. The Hall–Kier alpha value is -1.04. The van der Waals surface area contributed by atoms with E-state index in [1.54, 1.807) is 6.92 Å². The summed E-state index contributed by atoms with van der Waals surface area (Å²) in [7, 11) is 0. The van der Waals surface area contributed by atoms with Gasteiger partial charge in [0.1, 0.15) is 6.04 Å². The van der Waals surface area contributed by atoms with E-state index in [0.29, 0.717) is 5.92 Å². The third-order valence-corrected chi connectivity index (χ3v) is 2.62. The van der Waals surface area contributed by atoms with Gasteiger partial charge >= 0.3 is 0 Å². The first-order chi connectivity index (χ1) is 6.13. The van der Waals surface area contributed by atoms with Gasteiger partial charge in [0.15, 0.2) is 0 Å². The molecule has 0 saturated heterocycles. The predicted octanol–water partition coefficient (Wildman–Crippen LogP) is 1.45. The van der Waals surface area contributed by atoms with Gasteiger partial charge in [0.25, 0.3) is 0 Å². The SMILES string of the molecule is CC1CCC(C(=O)NC(C)C#N)C1. The third kappa shape index (κ3) is 2.73. The molecule has 13 heavy (non-hydrogen) atoms. The first kappa shape index (κ1) is 10.0. The molecule has 72 valence electrons. The van der Waals surface area contributed by atoms with Gasteiger partial charge in [0.05, 0.1) is 6.07 Å². The number of hydrogen-bond acceptors (Lipinski definition) is 2. The molecule has 3 atom stereocenters. The van der Waals surface area contributed by atoms with Gasteiger partial charge in [-0.15, -0.1) is 0 Å². The molecule has 3 unspecified atom stereocenters. The number of amides is 1. The lowest BCUT2D eigenvalue weighted by molar-refractivity contribution is -0.125. The first-order valence-electron chi connectivity index (χ1n) is 4.83. The Bertz CT molecular complexity index is 232. The second kappa shape index (κ2) is 4.27. The molecule has 0 heterocycles. The molecule has 0 aromatic rings. The van der Waals surface area contributed by atoms with Crippen LogP contribution >= 0.6 is 0 Å². The molecule has 1 amide bonds. The highest BCUT2D eigenvalue weighted by Gasteiger charge is 2.27. The Labute approximate surface area is 79.1 Å². The maximum absolute atomic E-state index is 11.5. The Morgan fingerprint density at radius 2 is 2.31 bits per heavy atom. The number of nitrogens with zero attached hydrogens (tertiary/aromatic N) is 1. The fourth-order valence-electron chi connectivity index (χ4n) is 1.81. The molecule has 0 aliphatic heterocycles. The molecular weight excluding hydrogens is 164 g/mol. The van der Waals surface area contributed by atoms with Crippen molar-refractivity contribution in [1.82, 2.24) is 5.32 Å². The highest BCUT2D eigenvalue weighted by atomic mass is 16.1. The van der Waals surface area contributed by atoms with Crippen LogP contribution < -0.4 is 5.32 Å². The van der Waals surface area contributed by atoms with E-state index in [0.717, 1.165) is 19.3 Å². The van der Waals surface area contributed by atoms with Crippen molar-refractivity contribution in [3.63, 3.8) is 0 Å². The van der Waals surface area contributed by atoms with Crippen molar-refractivity contribution in [1.29, 1.82) is 5.26 Å². The van der Waals surface area contributed by atoms with Crippen LogP contribution in [-0.4, -0.2) is 11.9 Å². The topological polar surface area (TPSA) is 52.9 Å². The smallest absolute Gasteiger partial charge is 0.224 e. The van der Waals surface area contributed by atoms with Crippen molar-refractivity contribution in [2.24, 2.45) is 11.8 Å². The van der Waals surface area contributed by atoms with Gasteiger partial charge in [0.2, 0.25) is 5.91 Å². The molecule has 0 radical (unpaired) electrons. The minimum Gasteiger partial charge on any atom is -0.340 e. The summed E-state index contributed by atoms with van der Waals surface area (Å²) in [6.07, 6.45) is 3.09. The predicted molar refractivity (Wildman–Crippen MR) is 49.7 cm³/mol. The maximum atomic E-state index is 11.5. The first-order valence-corrected chi connectivity index (χ1v) is 4.83. The molecule has 0 bridgehead atoms. The van der Waals surface area contributed by atoms with E-state index in [1.807, 2.05) is 6.07 Å². The molecule has 1 saturated carbocycles. The monoisotopic (exact) mass is 180 g/mol. The highest BCUT2D eigenvalue weighted by Crippen LogP contribution is 2.30. The third-order valence-electron chi connectivity index (χ3n) is 2.62. The lowest BCUT2D eigenvalue weighted by atomic mass is 10.1. The van der Waals surface area contributed by atoms with Gasteiger partial charge in [0, 0.05) is 5.92 Å². The quantitative estimate of drug-likeness (QED) is 0.699. The lowest BCUT2D eigenvalue weighted by Gasteiger charge is -2.11. The van der Waals surface area contributed by atoms with Crippen LogP contribution in [0.15, 0.2) is 0 Å². The summed E-state index contributed by atoms with van der Waals surface area (Å²) in [6.45, 7) is 3.87. The molecular formula is C10H16N2O. The maximum Gasteiger partial charge on any atom is 0.224 e. The van der Waals surface area contributed by atoms with Crippen molar-refractivity contribution in [3.05, 3.63) is 0 Å². The van der Waals surface area contributed by atoms with E-state index < -0.39 is 0 Å². The standard InChI is InChI=1S/C10H16N2O/c1-7-3-4-9(5-7)10(13)12-8(2)6-11/h7-9H,3-5H2,1-2H3,(H,12,13). The van der Waals surface area contributed by atoms with Gasteiger partial charge in [-0.25, -0.2) is 0 Å². The molecule has 1 aliphatic rings. The number of nitriles is 1. The van der Waals surface area contributed by atoms with Crippen molar-refractivity contribution in [2.75, 3.05) is 0 Å². The summed E-state index contributed by atoms with van der Waals surface area (Å²) < 4.78 is 0. The van der Waals surface area contributed by atoms with Gasteiger partial charge in [-0.3, -0.25) is 4.79 Å². The van der Waals surface area contributed by atoms with Gasteiger partial charge in [-0.2, -0.15) is 5.26 Å². The van der Waals surface area contributed by atoms with Crippen LogP contribution in [0.25, 0.3) is 0 Å². The molecule has 0 aromatic heterocycles. The van der Waals surface area contributed by atoms with E-state index in [2.05, 4.69) is 12.2 Å². The molecule has 3 heteroatoms. The molecule has 1 N–H and O–H groups in total. The van der Waals surface area contributed by atoms with Crippen molar-refractivity contribution >= 4 is 5.91 Å². The molecule has 0 aromatic carbocycles. The number of hydrogen-bond donors (Lipinski definition) is 1. The van der Waals surface area contributed by atoms with Crippen molar-refractivity contribution in [2.45, 2.75) is 39.2 Å². The van der Waals surface area contributed by atoms with Gasteiger partial charge in [-0.05, 0) is 32.1 Å². The zero-order valence-corrected chi connectivity index (χ0v) is 8.21. The van der Waals surface area contributed by atoms with E-state index >= 15 is 0 Å². The van der Waals surface area contributed by atoms with Gasteiger partial charge in [-0.1, -0.05) is 6.92 Å². The summed E-state index contributed by atoms with van der Waals surface area (Å²) >= 11 is 0. The van der Waals surface area contributed by atoms with Crippen LogP contribution in [0.3, 0.4) is 0 Å². The van der Waals surface area contributed by atoms with Crippen LogP contribution in [0, 0.1) is 23.2 Å². The summed E-state index contributed by atoms with van der Waals surface area (Å²) in [5, 5.41) is 11.2. The van der Waals surface area contributed by atoms with E-state index in [-0.39, 0.29) is 17.9 Å². The number of rotatable bonds is 2. The van der Waals surface area contributed by atoms with Crippen LogP contribution in [0.5, 0.6) is 0 Å². The van der Waals surface area contributed by atoms with E-state index in [4.69, 9.17) is 5.26 Å². The minimum atomic E-state index is -0.358. The highest BCUT2D eigenvalue weighted by molar-refractivity contribution is 5.79. The van der Waals surface area contributed by atoms with Crippen LogP contribution in [0.1, 0.15) is 33.1 Å². The number of carbonyl (C=O) groups excluding carboxylic acids is 1. The molecule has 0 spiro atoms. The second-order valence-electron chi connectivity index (χ2n) is 3.97. The summed E-state index contributed by atoms with van der Waals surface area (Å²) in [6, 6.07) is 1.64. The Morgan fingerprint density at radius 3 is 2.77 bits per heavy atom. The van der Waals surface area contributed by atoms with E-state index in [1.165, 1.54) is 0 Å². The average molecular weight is 180 g/mol. The second-order valence-corrected chi connectivity index (χ2v) is 3.97. The number of nitrogens with one attached hydrogen (secondary N) is 1. The molecule has 1 aliphatic carbocycles. The van der Waals surface area contributed by atoms with Crippen molar-refractivity contribution < 1.29 is 4.79 Å². The summed E-state index contributed by atoms with van der Waals surface area (Å²) in [4.78, 5) is 11.5. The van der Waals surface area contributed by atoms with Crippen LogP contribution in [-0.2, 0) is 4.79 Å². The molecule has 3 nitrogen and oxygen atoms in total. The minimum absolute atomic E-state index is 0.0541.